The Labute approximate surface area is 235 Å². The minimum Gasteiger partial charge on any atom is -0.444 e. The standard InChI is InChI=1S/C29H37N5O5S/c1-29(2,3)39-28(35)33-11-5-6-26(33)25-14-20(7-8-23(25)19-9-12-38-13-10-19)21-15-24(27(30)31-16-21)22-17-32-34(18-22)40(4,36)37/h7-8,14-19,26H,5-6,9-13H2,1-4H3,(H2,30,31)/t26-/m0/s1. The maximum Gasteiger partial charge on any atom is 0.410 e. The van der Waals surface area contributed by atoms with Crippen LogP contribution in [0.25, 0.3) is 22.3 Å². The van der Waals surface area contributed by atoms with E-state index in [1.54, 1.807) is 6.20 Å². The molecule has 0 aliphatic carbocycles. The molecule has 40 heavy (non-hydrogen) atoms. The molecule has 4 heterocycles. The number of nitrogens with zero attached hydrogens (tertiary/aromatic N) is 4. The van der Waals surface area contributed by atoms with Crippen LogP contribution in [0.15, 0.2) is 42.9 Å². The third-order valence-electron chi connectivity index (χ3n) is 7.45. The second kappa shape index (κ2) is 10.9. The maximum atomic E-state index is 13.2. The number of carbonyl (C=O) groups excluding carboxylic acids is 1. The van der Waals surface area contributed by atoms with Crippen molar-refractivity contribution in [2.45, 2.75) is 64.0 Å². The molecule has 0 radical (unpaired) electrons. The molecule has 5 rings (SSSR count). The molecule has 0 bridgehead atoms. The van der Waals surface area contributed by atoms with Crippen molar-refractivity contribution in [2.24, 2.45) is 0 Å². The van der Waals surface area contributed by atoms with Crippen molar-refractivity contribution in [2.75, 3.05) is 31.7 Å². The first-order valence-electron chi connectivity index (χ1n) is 13.6. The number of carbonyl (C=O) groups is 1. The van der Waals surface area contributed by atoms with Gasteiger partial charge < -0.3 is 20.1 Å². The van der Waals surface area contributed by atoms with E-state index in [2.05, 4.69) is 28.3 Å². The number of benzene rings is 1. The van der Waals surface area contributed by atoms with Crippen molar-refractivity contribution >= 4 is 21.9 Å². The molecule has 2 aliphatic heterocycles. The smallest absolute Gasteiger partial charge is 0.410 e. The number of anilines is 1. The van der Waals surface area contributed by atoms with E-state index in [9.17, 15) is 13.2 Å². The number of hydrogen-bond acceptors (Lipinski definition) is 8. The highest BCUT2D eigenvalue weighted by Gasteiger charge is 2.35. The highest BCUT2D eigenvalue weighted by molar-refractivity contribution is 7.89. The van der Waals surface area contributed by atoms with Gasteiger partial charge in [0, 0.05) is 42.6 Å². The summed E-state index contributed by atoms with van der Waals surface area (Å²) in [5.74, 6) is 0.628. The number of nitrogen functional groups attached to an aromatic ring is 1. The molecule has 0 unspecified atom stereocenters. The summed E-state index contributed by atoms with van der Waals surface area (Å²) in [5.41, 5.74) is 10.9. The largest absolute Gasteiger partial charge is 0.444 e. The molecule has 2 aliphatic rings. The van der Waals surface area contributed by atoms with Crippen LogP contribution < -0.4 is 5.73 Å². The number of ether oxygens (including phenoxy) is 2. The summed E-state index contributed by atoms with van der Waals surface area (Å²) in [6, 6.07) is 8.22. The first-order valence-corrected chi connectivity index (χ1v) is 15.5. The van der Waals surface area contributed by atoms with E-state index < -0.39 is 15.6 Å². The van der Waals surface area contributed by atoms with E-state index in [0.717, 1.165) is 65.9 Å². The molecule has 3 aromatic rings. The van der Waals surface area contributed by atoms with Crippen LogP contribution in [-0.2, 0) is 19.5 Å². The minimum atomic E-state index is -3.53. The highest BCUT2D eigenvalue weighted by Crippen LogP contribution is 2.42. The first-order chi connectivity index (χ1) is 18.9. The van der Waals surface area contributed by atoms with Gasteiger partial charge in [-0.2, -0.15) is 9.19 Å². The molecule has 11 heteroatoms. The highest BCUT2D eigenvalue weighted by atomic mass is 32.2. The first kappa shape index (κ1) is 28.1. The van der Waals surface area contributed by atoms with Crippen LogP contribution in [0, 0.1) is 0 Å². The Bertz CT molecular complexity index is 1510. The fourth-order valence-electron chi connectivity index (χ4n) is 5.54. The van der Waals surface area contributed by atoms with E-state index in [-0.39, 0.29) is 18.0 Å². The Morgan fingerprint density at radius 1 is 1.05 bits per heavy atom. The Hall–Kier alpha value is -3.44. The Morgan fingerprint density at radius 3 is 2.48 bits per heavy atom. The monoisotopic (exact) mass is 567 g/mol. The zero-order chi connectivity index (χ0) is 28.7. The molecule has 1 aromatic carbocycles. The SMILES string of the molecule is CC(C)(C)OC(=O)N1CCC[C@H]1c1cc(-c2cnc(N)c(-c3cnn(S(C)(=O)=O)c3)c2)ccc1C1CCOCC1. The van der Waals surface area contributed by atoms with Gasteiger partial charge in [-0.1, -0.05) is 12.1 Å². The van der Waals surface area contributed by atoms with E-state index >= 15 is 0 Å². The zero-order valence-electron chi connectivity index (χ0n) is 23.5. The van der Waals surface area contributed by atoms with Crippen LogP contribution in [-0.4, -0.2) is 65.2 Å². The summed E-state index contributed by atoms with van der Waals surface area (Å²) in [6.07, 6.45) is 9.04. The number of rotatable bonds is 5. The molecule has 10 nitrogen and oxygen atoms in total. The van der Waals surface area contributed by atoms with Gasteiger partial charge in [0.05, 0.1) is 24.7 Å². The summed E-state index contributed by atoms with van der Waals surface area (Å²) in [5, 5.41) is 3.97. The average Bonchev–Trinajstić information content (AvgIpc) is 3.59. The molecule has 2 N–H and O–H groups in total. The normalized spacial score (nSPS) is 18.7. The lowest BCUT2D eigenvalue weighted by Gasteiger charge is -2.32. The van der Waals surface area contributed by atoms with Crippen molar-refractivity contribution < 1.29 is 22.7 Å². The number of amides is 1. The predicted molar refractivity (Wildman–Crippen MR) is 153 cm³/mol. The van der Waals surface area contributed by atoms with Crippen LogP contribution in [0.4, 0.5) is 10.6 Å². The Balaban J connectivity index is 1.56. The lowest BCUT2D eigenvalue weighted by Crippen LogP contribution is -2.36. The third-order valence-corrected chi connectivity index (χ3v) is 8.33. The average molecular weight is 568 g/mol. The number of likely N-dealkylation sites (tertiary alicyclic amines) is 1. The lowest BCUT2D eigenvalue weighted by atomic mass is 9.83. The van der Waals surface area contributed by atoms with Crippen LogP contribution in [0.2, 0.25) is 0 Å². The fraction of sp³-hybridized carbons (Fsp3) is 0.483. The summed E-state index contributed by atoms with van der Waals surface area (Å²) >= 11 is 0. The predicted octanol–water partition coefficient (Wildman–Crippen LogP) is 4.97. The molecular weight excluding hydrogens is 530 g/mol. The van der Waals surface area contributed by atoms with Crippen LogP contribution >= 0.6 is 0 Å². The van der Waals surface area contributed by atoms with E-state index in [4.69, 9.17) is 15.2 Å². The van der Waals surface area contributed by atoms with Crippen molar-refractivity contribution in [3.05, 3.63) is 54.0 Å². The van der Waals surface area contributed by atoms with Gasteiger partial charge in [0.25, 0.3) is 10.0 Å². The van der Waals surface area contributed by atoms with Crippen molar-refractivity contribution in [1.82, 2.24) is 19.1 Å². The zero-order valence-corrected chi connectivity index (χ0v) is 24.3. The summed E-state index contributed by atoms with van der Waals surface area (Å²) in [7, 11) is -3.53. The fourth-order valence-corrected chi connectivity index (χ4v) is 6.07. The summed E-state index contributed by atoms with van der Waals surface area (Å²) in [6.45, 7) is 7.74. The molecule has 1 atom stereocenters. The second-order valence-corrected chi connectivity index (χ2v) is 13.4. The van der Waals surface area contributed by atoms with Gasteiger partial charge in [0.2, 0.25) is 0 Å². The van der Waals surface area contributed by atoms with Crippen LogP contribution in [0.1, 0.15) is 69.5 Å². The van der Waals surface area contributed by atoms with Gasteiger partial charge in [-0.15, -0.1) is 0 Å². The summed E-state index contributed by atoms with van der Waals surface area (Å²) in [4.78, 5) is 19.5. The maximum absolute atomic E-state index is 13.2. The molecule has 0 saturated carbocycles. The quantitative estimate of drug-likeness (QED) is 0.458. The van der Waals surface area contributed by atoms with Gasteiger partial charge in [0.1, 0.15) is 11.4 Å². The molecule has 2 aromatic heterocycles. The lowest BCUT2D eigenvalue weighted by molar-refractivity contribution is 0.0222. The number of aromatic nitrogens is 3. The second-order valence-electron chi connectivity index (χ2n) is 11.6. The molecule has 0 spiro atoms. The molecule has 1 amide bonds. The number of hydrogen-bond donors (Lipinski definition) is 1. The molecule has 2 fully saturated rings. The van der Waals surface area contributed by atoms with Crippen LogP contribution in [0.5, 0.6) is 0 Å². The van der Waals surface area contributed by atoms with Gasteiger partial charge >= 0.3 is 6.09 Å². The minimum absolute atomic E-state index is 0.0955. The Morgan fingerprint density at radius 2 is 1.80 bits per heavy atom. The number of nitrogens with two attached hydrogens (primary N) is 1. The van der Waals surface area contributed by atoms with E-state index in [1.807, 2.05) is 31.7 Å². The van der Waals surface area contributed by atoms with E-state index in [1.165, 1.54) is 18.0 Å². The Kier molecular flexibility index (Phi) is 7.62. The van der Waals surface area contributed by atoms with E-state index in [0.29, 0.717) is 23.6 Å². The topological polar surface area (TPSA) is 130 Å². The van der Waals surface area contributed by atoms with Gasteiger partial charge in [-0.05, 0) is 81.2 Å². The molecule has 214 valence electrons. The van der Waals surface area contributed by atoms with Crippen LogP contribution in [0.3, 0.4) is 0 Å². The van der Waals surface area contributed by atoms with Crippen molar-refractivity contribution in [3.8, 4) is 22.3 Å². The van der Waals surface area contributed by atoms with Gasteiger partial charge in [0.15, 0.2) is 0 Å². The third kappa shape index (κ3) is 6.00. The van der Waals surface area contributed by atoms with Gasteiger partial charge in [-0.25, -0.2) is 18.2 Å². The van der Waals surface area contributed by atoms with Gasteiger partial charge in [-0.3, -0.25) is 0 Å². The molecule has 2 saturated heterocycles. The molecular formula is C29H37N5O5S. The van der Waals surface area contributed by atoms with Crippen molar-refractivity contribution in [1.29, 1.82) is 0 Å². The van der Waals surface area contributed by atoms with Crippen molar-refractivity contribution in [3.63, 3.8) is 0 Å². The number of pyridine rings is 1. The summed E-state index contributed by atoms with van der Waals surface area (Å²) < 4.78 is 36.2.